The summed E-state index contributed by atoms with van der Waals surface area (Å²) >= 11 is 0. The highest BCUT2D eigenvalue weighted by Crippen LogP contribution is 2.08. The molecular weight excluding hydrogens is 214 g/mol. The molecule has 1 heterocycles. The number of carbonyl (C=O) groups excluding carboxylic acids is 1. The normalized spacial score (nSPS) is 10.2. The zero-order valence-corrected chi connectivity index (χ0v) is 9.76. The van der Waals surface area contributed by atoms with E-state index >= 15 is 0 Å². The van der Waals surface area contributed by atoms with Crippen molar-refractivity contribution in [1.29, 1.82) is 0 Å². The van der Waals surface area contributed by atoms with Gasteiger partial charge in [-0.25, -0.2) is 0 Å². The van der Waals surface area contributed by atoms with Crippen LogP contribution in [0.25, 0.3) is 0 Å². The molecule has 4 nitrogen and oxygen atoms in total. The van der Waals surface area contributed by atoms with Crippen LogP contribution in [0.15, 0.2) is 42.7 Å². The van der Waals surface area contributed by atoms with Crippen molar-refractivity contribution < 1.29 is 4.79 Å². The number of hydrogen-bond acceptors (Lipinski definition) is 2. The molecule has 0 saturated heterocycles. The number of benzene rings is 1. The Morgan fingerprint density at radius 3 is 2.76 bits per heavy atom. The fourth-order valence-corrected chi connectivity index (χ4v) is 1.51. The van der Waals surface area contributed by atoms with Crippen molar-refractivity contribution in [3.63, 3.8) is 0 Å². The predicted molar refractivity (Wildman–Crippen MR) is 66.7 cm³/mol. The molecule has 88 valence electrons. The minimum absolute atomic E-state index is 0.00403. The first kappa shape index (κ1) is 11.4. The third kappa shape index (κ3) is 3.45. The lowest BCUT2D eigenvalue weighted by Crippen LogP contribution is -2.14. The SMILES string of the molecule is Cc1ccc(NC(=O)CCn2cccn2)cc1. The van der Waals surface area contributed by atoms with Crippen molar-refractivity contribution in [3.8, 4) is 0 Å². The molecule has 0 aliphatic carbocycles. The first-order chi connectivity index (χ1) is 8.24. The number of amides is 1. The summed E-state index contributed by atoms with van der Waals surface area (Å²) in [5.41, 5.74) is 2.01. The van der Waals surface area contributed by atoms with Gasteiger partial charge in [-0.3, -0.25) is 9.48 Å². The minimum atomic E-state index is 0.00403. The number of anilines is 1. The highest BCUT2D eigenvalue weighted by Gasteiger charge is 2.02. The number of hydrogen-bond donors (Lipinski definition) is 1. The molecular formula is C13H15N3O. The molecule has 0 aliphatic heterocycles. The van der Waals surface area contributed by atoms with Gasteiger partial charge in [-0.15, -0.1) is 0 Å². The van der Waals surface area contributed by atoms with Crippen molar-refractivity contribution >= 4 is 11.6 Å². The summed E-state index contributed by atoms with van der Waals surface area (Å²) in [4.78, 5) is 11.6. The van der Waals surface area contributed by atoms with Gasteiger partial charge in [0, 0.05) is 31.0 Å². The first-order valence-electron chi connectivity index (χ1n) is 5.58. The second-order valence-electron chi connectivity index (χ2n) is 3.93. The third-order valence-electron chi connectivity index (χ3n) is 2.46. The van der Waals surface area contributed by atoms with Crippen molar-refractivity contribution in [1.82, 2.24) is 9.78 Å². The van der Waals surface area contributed by atoms with Crippen molar-refractivity contribution in [2.24, 2.45) is 0 Å². The van der Waals surface area contributed by atoms with E-state index in [0.29, 0.717) is 13.0 Å². The van der Waals surface area contributed by atoms with E-state index in [1.807, 2.05) is 43.5 Å². The van der Waals surface area contributed by atoms with Crippen LogP contribution in [0.1, 0.15) is 12.0 Å². The molecule has 0 atom stereocenters. The van der Waals surface area contributed by atoms with E-state index in [2.05, 4.69) is 10.4 Å². The van der Waals surface area contributed by atoms with Crippen LogP contribution in [0.3, 0.4) is 0 Å². The molecule has 0 radical (unpaired) electrons. The number of nitrogens with one attached hydrogen (secondary N) is 1. The van der Waals surface area contributed by atoms with Crippen LogP contribution in [-0.2, 0) is 11.3 Å². The van der Waals surface area contributed by atoms with Gasteiger partial charge in [0.25, 0.3) is 0 Å². The van der Waals surface area contributed by atoms with Crippen molar-refractivity contribution in [2.75, 3.05) is 5.32 Å². The summed E-state index contributed by atoms with van der Waals surface area (Å²) in [5, 5.41) is 6.90. The molecule has 1 aromatic carbocycles. The molecule has 1 amide bonds. The van der Waals surface area contributed by atoms with E-state index in [-0.39, 0.29) is 5.91 Å². The summed E-state index contributed by atoms with van der Waals surface area (Å²) in [5.74, 6) is 0.00403. The second-order valence-corrected chi connectivity index (χ2v) is 3.93. The third-order valence-corrected chi connectivity index (χ3v) is 2.46. The smallest absolute Gasteiger partial charge is 0.226 e. The summed E-state index contributed by atoms with van der Waals surface area (Å²) in [6.45, 7) is 2.62. The average molecular weight is 229 g/mol. The number of nitrogens with zero attached hydrogens (tertiary/aromatic N) is 2. The largest absolute Gasteiger partial charge is 0.326 e. The molecule has 0 saturated carbocycles. The van der Waals surface area contributed by atoms with Gasteiger partial charge >= 0.3 is 0 Å². The molecule has 0 unspecified atom stereocenters. The van der Waals surface area contributed by atoms with Crippen molar-refractivity contribution in [2.45, 2.75) is 19.9 Å². The first-order valence-corrected chi connectivity index (χ1v) is 5.58. The van der Waals surface area contributed by atoms with E-state index in [9.17, 15) is 4.79 Å². The lowest BCUT2D eigenvalue weighted by molar-refractivity contribution is -0.116. The van der Waals surface area contributed by atoms with Gasteiger partial charge in [-0.1, -0.05) is 17.7 Å². The minimum Gasteiger partial charge on any atom is -0.326 e. The van der Waals surface area contributed by atoms with Gasteiger partial charge in [-0.05, 0) is 25.1 Å². The molecule has 17 heavy (non-hydrogen) atoms. The monoisotopic (exact) mass is 229 g/mol. The zero-order chi connectivity index (χ0) is 12.1. The highest BCUT2D eigenvalue weighted by atomic mass is 16.1. The number of rotatable bonds is 4. The van der Waals surface area contributed by atoms with Crippen LogP contribution in [0.4, 0.5) is 5.69 Å². The number of carbonyl (C=O) groups is 1. The summed E-state index contributed by atoms with van der Waals surface area (Å²) < 4.78 is 1.74. The van der Waals surface area contributed by atoms with Crippen LogP contribution in [0, 0.1) is 6.92 Å². The van der Waals surface area contributed by atoms with E-state index in [1.54, 1.807) is 10.9 Å². The van der Waals surface area contributed by atoms with Gasteiger partial charge in [-0.2, -0.15) is 5.10 Å². The van der Waals surface area contributed by atoms with E-state index < -0.39 is 0 Å². The maximum atomic E-state index is 11.6. The van der Waals surface area contributed by atoms with E-state index in [1.165, 1.54) is 5.56 Å². The Hall–Kier alpha value is -2.10. The van der Waals surface area contributed by atoms with Crippen LogP contribution >= 0.6 is 0 Å². The summed E-state index contributed by atoms with van der Waals surface area (Å²) in [6, 6.07) is 9.60. The van der Waals surface area contributed by atoms with Gasteiger partial charge in [0.2, 0.25) is 5.91 Å². The fraction of sp³-hybridized carbons (Fsp3) is 0.231. The second kappa shape index (κ2) is 5.30. The molecule has 2 aromatic rings. The Morgan fingerprint density at radius 2 is 2.12 bits per heavy atom. The quantitative estimate of drug-likeness (QED) is 0.873. The lowest BCUT2D eigenvalue weighted by atomic mass is 10.2. The maximum absolute atomic E-state index is 11.6. The highest BCUT2D eigenvalue weighted by molar-refractivity contribution is 5.90. The molecule has 0 aliphatic rings. The Bertz CT molecular complexity index is 474. The summed E-state index contributed by atoms with van der Waals surface area (Å²) in [6.07, 6.45) is 3.98. The Morgan fingerprint density at radius 1 is 1.35 bits per heavy atom. The molecule has 0 fully saturated rings. The zero-order valence-electron chi connectivity index (χ0n) is 9.76. The number of aromatic nitrogens is 2. The molecule has 4 heteroatoms. The van der Waals surface area contributed by atoms with E-state index in [0.717, 1.165) is 5.69 Å². The standard InChI is InChI=1S/C13H15N3O/c1-11-3-5-12(6-4-11)15-13(17)7-10-16-9-2-8-14-16/h2-6,8-9H,7,10H2,1H3,(H,15,17). The molecule has 1 aromatic heterocycles. The van der Waals surface area contributed by atoms with Crippen LogP contribution in [0.2, 0.25) is 0 Å². The Kier molecular flexibility index (Phi) is 3.55. The van der Waals surface area contributed by atoms with Gasteiger partial charge in [0.15, 0.2) is 0 Å². The van der Waals surface area contributed by atoms with Crippen LogP contribution in [0.5, 0.6) is 0 Å². The average Bonchev–Trinajstić information content (AvgIpc) is 2.83. The van der Waals surface area contributed by atoms with Gasteiger partial charge < -0.3 is 5.32 Å². The topological polar surface area (TPSA) is 46.9 Å². The molecule has 0 bridgehead atoms. The summed E-state index contributed by atoms with van der Waals surface area (Å²) in [7, 11) is 0. The number of aryl methyl sites for hydroxylation is 2. The predicted octanol–water partition coefficient (Wildman–Crippen LogP) is 2.22. The van der Waals surface area contributed by atoms with Gasteiger partial charge in [0.05, 0.1) is 0 Å². The molecule has 1 N–H and O–H groups in total. The van der Waals surface area contributed by atoms with Crippen LogP contribution < -0.4 is 5.32 Å². The Balaban J connectivity index is 1.83. The Labute approximate surface area is 100 Å². The van der Waals surface area contributed by atoms with Crippen molar-refractivity contribution in [3.05, 3.63) is 48.3 Å². The fourth-order valence-electron chi connectivity index (χ4n) is 1.51. The maximum Gasteiger partial charge on any atom is 0.226 e. The molecule has 2 rings (SSSR count). The van der Waals surface area contributed by atoms with Gasteiger partial charge in [0.1, 0.15) is 0 Å². The molecule has 0 spiro atoms. The lowest BCUT2D eigenvalue weighted by Gasteiger charge is -2.05. The van der Waals surface area contributed by atoms with Crippen LogP contribution in [-0.4, -0.2) is 15.7 Å². The van der Waals surface area contributed by atoms with E-state index in [4.69, 9.17) is 0 Å².